The molecule has 2 N–H and O–H groups in total. The minimum absolute atomic E-state index is 0.134. The molecule has 5 atom stereocenters. The highest BCUT2D eigenvalue weighted by Gasteiger charge is 2.88. The smallest absolute Gasteiger partial charge is 0.183 e. The van der Waals surface area contributed by atoms with Gasteiger partial charge in [-0.25, -0.2) is 0 Å². The van der Waals surface area contributed by atoms with E-state index in [1.165, 1.54) is 0 Å². The Hall–Kier alpha value is -1.92. The molecular weight excluding hydrogens is 408 g/mol. The molecule has 1 spiro atoms. The maximum Gasteiger partial charge on any atom is 0.183 e. The van der Waals surface area contributed by atoms with Gasteiger partial charge in [0, 0.05) is 5.92 Å². The van der Waals surface area contributed by atoms with Crippen molar-refractivity contribution in [3.8, 4) is 0 Å². The van der Waals surface area contributed by atoms with Gasteiger partial charge in [-0.05, 0) is 52.9 Å². The Kier molecular flexibility index (Phi) is 4.94. The fraction of sp³-hybridized carbons (Fsp3) is 0.692. The van der Waals surface area contributed by atoms with E-state index in [0.29, 0.717) is 12.8 Å². The third kappa shape index (κ3) is 2.54. The van der Waals surface area contributed by atoms with Crippen molar-refractivity contribution in [1.82, 2.24) is 0 Å². The number of carbonyl (C=O) groups is 2. The van der Waals surface area contributed by atoms with Crippen molar-refractivity contribution in [3.63, 3.8) is 0 Å². The van der Waals surface area contributed by atoms with Crippen LogP contribution in [0.2, 0.25) is 0 Å². The van der Waals surface area contributed by atoms with Gasteiger partial charge in [0.05, 0.1) is 11.0 Å². The van der Waals surface area contributed by atoms with Crippen LogP contribution in [-0.2, 0) is 19.1 Å². The second-order valence-electron chi connectivity index (χ2n) is 11.2. The van der Waals surface area contributed by atoms with Gasteiger partial charge in [0.1, 0.15) is 34.4 Å². The Labute approximate surface area is 190 Å². The number of allylic oxidation sites excluding steroid dienone is 4. The number of hydrogen-bond donors (Lipinski definition) is 2. The highest BCUT2D eigenvalue weighted by molar-refractivity contribution is 6.24. The Morgan fingerprint density at radius 2 is 1.81 bits per heavy atom. The number of carbonyl (C=O) groups excluding carboxylic acids is 2. The zero-order chi connectivity index (χ0) is 24.0. The Balaban J connectivity index is 1.97. The highest BCUT2D eigenvalue weighted by atomic mass is 16.7. The first-order chi connectivity index (χ1) is 14.7. The molecule has 0 amide bonds. The van der Waals surface area contributed by atoms with Crippen LogP contribution in [0.3, 0.4) is 0 Å². The molecule has 6 heteroatoms. The van der Waals surface area contributed by atoms with E-state index in [1.807, 2.05) is 26.8 Å². The summed E-state index contributed by atoms with van der Waals surface area (Å²) in [5, 5.41) is 23.0. The highest BCUT2D eigenvalue weighted by Crippen LogP contribution is 2.73. The lowest BCUT2D eigenvalue weighted by atomic mass is 9.64. The summed E-state index contributed by atoms with van der Waals surface area (Å²) in [6.45, 7) is 15.1. The van der Waals surface area contributed by atoms with E-state index >= 15 is 0 Å². The van der Waals surface area contributed by atoms with Crippen LogP contribution in [0.5, 0.6) is 0 Å². The lowest BCUT2D eigenvalue weighted by Gasteiger charge is -2.49. The molecule has 176 valence electrons. The van der Waals surface area contributed by atoms with E-state index in [9.17, 15) is 19.8 Å². The molecule has 0 aromatic rings. The van der Waals surface area contributed by atoms with Crippen molar-refractivity contribution >= 4 is 11.6 Å². The van der Waals surface area contributed by atoms with Crippen LogP contribution in [-0.4, -0.2) is 44.7 Å². The van der Waals surface area contributed by atoms with E-state index in [0.717, 1.165) is 12.0 Å². The molecule has 2 aliphatic carbocycles. The van der Waals surface area contributed by atoms with Gasteiger partial charge in [0.25, 0.3) is 0 Å². The van der Waals surface area contributed by atoms with Gasteiger partial charge in [-0.3, -0.25) is 9.59 Å². The number of aliphatic hydroxyl groups excluding tert-OH is 2. The van der Waals surface area contributed by atoms with E-state index in [1.54, 1.807) is 20.8 Å². The molecular formula is C26H36O6. The maximum atomic E-state index is 13.7. The molecule has 0 aromatic carbocycles. The summed E-state index contributed by atoms with van der Waals surface area (Å²) in [5.74, 6) is -1.42. The van der Waals surface area contributed by atoms with Crippen LogP contribution in [0.25, 0.3) is 0 Å². The summed E-state index contributed by atoms with van der Waals surface area (Å²) in [4.78, 5) is 26.8. The number of Topliss-reactive ketones (excluding diaryl/α,β-unsaturated/α-hetero) is 2. The minimum Gasteiger partial charge on any atom is -0.507 e. The third-order valence-electron chi connectivity index (χ3n) is 8.26. The lowest BCUT2D eigenvalue weighted by Crippen LogP contribution is -2.59. The minimum atomic E-state index is -1.21. The molecule has 1 saturated heterocycles. The second kappa shape index (κ2) is 6.80. The van der Waals surface area contributed by atoms with Crippen LogP contribution in [0.1, 0.15) is 74.7 Å². The van der Waals surface area contributed by atoms with Crippen molar-refractivity contribution in [3.05, 3.63) is 34.3 Å². The van der Waals surface area contributed by atoms with Gasteiger partial charge in [-0.15, -0.1) is 0 Å². The molecule has 4 rings (SSSR count). The Bertz CT molecular complexity index is 996. The van der Waals surface area contributed by atoms with Gasteiger partial charge < -0.3 is 19.7 Å². The van der Waals surface area contributed by atoms with Crippen molar-refractivity contribution in [2.45, 2.75) is 97.6 Å². The topological polar surface area (TPSA) is 96.4 Å². The monoisotopic (exact) mass is 444 g/mol. The molecule has 0 aromatic heterocycles. The number of aliphatic hydroxyl groups is 2. The predicted octanol–water partition coefficient (Wildman–Crippen LogP) is 4.33. The van der Waals surface area contributed by atoms with Gasteiger partial charge in [-0.1, -0.05) is 39.3 Å². The largest absolute Gasteiger partial charge is 0.507 e. The molecule has 2 fully saturated rings. The van der Waals surface area contributed by atoms with Gasteiger partial charge in [0.2, 0.25) is 0 Å². The Morgan fingerprint density at radius 3 is 2.31 bits per heavy atom. The summed E-state index contributed by atoms with van der Waals surface area (Å²) in [6.07, 6.45) is 2.44. The maximum absolute atomic E-state index is 13.7. The van der Waals surface area contributed by atoms with Gasteiger partial charge in [-0.2, -0.15) is 0 Å². The summed E-state index contributed by atoms with van der Waals surface area (Å²) in [7, 11) is 0. The number of epoxide rings is 1. The molecule has 0 radical (unpaired) electrons. The summed E-state index contributed by atoms with van der Waals surface area (Å²) < 4.78 is 12.9. The summed E-state index contributed by atoms with van der Waals surface area (Å²) in [6, 6.07) is 0. The third-order valence-corrected chi connectivity index (χ3v) is 8.26. The zero-order valence-electron chi connectivity index (χ0n) is 20.5. The molecule has 2 heterocycles. The normalized spacial score (nSPS) is 40.2. The van der Waals surface area contributed by atoms with Crippen molar-refractivity contribution in [2.75, 3.05) is 0 Å². The Morgan fingerprint density at radius 1 is 1.19 bits per heavy atom. The van der Waals surface area contributed by atoms with E-state index in [2.05, 4.69) is 13.8 Å². The average molecular weight is 445 g/mol. The predicted molar refractivity (Wildman–Crippen MR) is 120 cm³/mol. The van der Waals surface area contributed by atoms with E-state index < -0.39 is 51.6 Å². The van der Waals surface area contributed by atoms with Crippen molar-refractivity contribution < 1.29 is 29.3 Å². The van der Waals surface area contributed by atoms with Crippen molar-refractivity contribution in [1.29, 1.82) is 0 Å². The fourth-order valence-electron chi connectivity index (χ4n) is 6.19. The van der Waals surface area contributed by atoms with Gasteiger partial charge in [0.15, 0.2) is 17.2 Å². The van der Waals surface area contributed by atoms with Gasteiger partial charge >= 0.3 is 0 Å². The lowest BCUT2D eigenvalue weighted by molar-refractivity contribution is -0.143. The molecule has 4 aliphatic rings. The summed E-state index contributed by atoms with van der Waals surface area (Å²) in [5.41, 5.74) is -2.67. The number of rotatable bonds is 5. The SMILES string of the molecule is CC(C)=CC[C@@]1(C)C(=O)C(C(=O)C(C)C)=C(O)C2=C1O[C@]1(C)CC[C@@]3(C(C)C)O[C@@]13[C@H]2O. The van der Waals surface area contributed by atoms with Crippen LogP contribution < -0.4 is 0 Å². The fourth-order valence-corrected chi connectivity index (χ4v) is 6.19. The van der Waals surface area contributed by atoms with Crippen molar-refractivity contribution in [2.24, 2.45) is 17.3 Å². The summed E-state index contributed by atoms with van der Waals surface area (Å²) >= 11 is 0. The van der Waals surface area contributed by atoms with E-state index in [-0.39, 0.29) is 22.8 Å². The standard InChI is InChI=1S/C26H36O6/c1-13(2)9-10-23(7)20(29)16(18(27)14(3)4)19(28)17-21(30)26-24(8,31-22(17)23)11-12-25(26,32-26)15(5)6/h9,14-15,21,28,30H,10-12H2,1-8H3/t21-,23-,24+,25-,26-/m0/s1. The molecule has 0 unspecified atom stereocenters. The molecule has 1 saturated carbocycles. The van der Waals surface area contributed by atoms with E-state index in [4.69, 9.17) is 9.47 Å². The van der Waals surface area contributed by atoms with Crippen LogP contribution >= 0.6 is 0 Å². The molecule has 32 heavy (non-hydrogen) atoms. The quantitative estimate of drug-likeness (QED) is 0.372. The average Bonchev–Trinajstić information content (AvgIpc) is 3.33. The van der Waals surface area contributed by atoms with Crippen LogP contribution in [0.4, 0.5) is 0 Å². The van der Waals surface area contributed by atoms with Crippen LogP contribution in [0.15, 0.2) is 34.3 Å². The zero-order valence-corrected chi connectivity index (χ0v) is 20.5. The first-order valence-corrected chi connectivity index (χ1v) is 11.7. The molecule has 6 nitrogen and oxygen atoms in total. The number of ether oxygens (including phenoxy) is 2. The second-order valence-corrected chi connectivity index (χ2v) is 11.2. The van der Waals surface area contributed by atoms with Crippen LogP contribution in [0, 0.1) is 17.3 Å². The molecule has 0 bridgehead atoms. The first-order valence-electron chi connectivity index (χ1n) is 11.7. The molecule has 2 aliphatic heterocycles. The first kappa shape index (κ1) is 23.2. The number of hydrogen-bond acceptors (Lipinski definition) is 6. The number of ketones is 2.